The lowest BCUT2D eigenvalue weighted by atomic mass is 10.2. The van der Waals surface area contributed by atoms with Crippen LogP contribution in [0.15, 0.2) is 0 Å². The summed E-state index contributed by atoms with van der Waals surface area (Å²) in [6.45, 7) is 3.18. The number of hydrogen-bond donors (Lipinski definition) is 0. The van der Waals surface area contributed by atoms with E-state index in [9.17, 15) is 0 Å². The van der Waals surface area contributed by atoms with E-state index in [1.165, 1.54) is 0 Å². The molecule has 0 amide bonds. The molecule has 1 aliphatic rings. The third-order valence-electron chi connectivity index (χ3n) is 1.59. The van der Waals surface area contributed by atoms with Gasteiger partial charge in [-0.3, -0.25) is 0 Å². The van der Waals surface area contributed by atoms with Gasteiger partial charge >= 0.3 is 0 Å². The Bertz CT molecular complexity index is 144. The Morgan fingerprint density at radius 3 is 2.60 bits per heavy atom. The van der Waals surface area contributed by atoms with E-state index >= 15 is 0 Å². The number of nitrogens with zero attached hydrogens (tertiary/aromatic N) is 1. The summed E-state index contributed by atoms with van der Waals surface area (Å²) in [6, 6.07) is 2.06. The van der Waals surface area contributed by atoms with Gasteiger partial charge in [0.1, 0.15) is 0 Å². The predicted octanol–water partition coefficient (Wildman–Crippen LogP) is 1.05. The lowest BCUT2D eigenvalue weighted by molar-refractivity contribution is -0.145. The van der Waals surface area contributed by atoms with Crippen LogP contribution in [0.2, 0.25) is 0 Å². The molecule has 3 heteroatoms. The third-order valence-corrected chi connectivity index (χ3v) is 1.59. The van der Waals surface area contributed by atoms with Crippen molar-refractivity contribution in [1.29, 1.82) is 5.26 Å². The highest BCUT2D eigenvalue weighted by molar-refractivity contribution is 4.76. The van der Waals surface area contributed by atoms with Gasteiger partial charge in [-0.1, -0.05) is 0 Å². The molecule has 0 N–H and O–H groups in total. The van der Waals surface area contributed by atoms with Crippen molar-refractivity contribution in [2.45, 2.75) is 25.6 Å². The van der Waals surface area contributed by atoms with Crippen LogP contribution in [0.1, 0.15) is 19.8 Å². The fourth-order valence-corrected chi connectivity index (χ4v) is 0.984. The zero-order valence-corrected chi connectivity index (χ0v) is 6.09. The molecule has 1 rings (SSSR count). The third kappa shape index (κ3) is 1.69. The monoisotopic (exact) mass is 141 g/mol. The molecule has 0 saturated carbocycles. The maximum atomic E-state index is 8.28. The highest BCUT2D eigenvalue weighted by Gasteiger charge is 2.29. The van der Waals surface area contributed by atoms with Crippen LogP contribution in [-0.4, -0.2) is 19.0 Å². The summed E-state index contributed by atoms with van der Waals surface area (Å²) < 4.78 is 10.5. The Hall–Kier alpha value is -0.590. The van der Waals surface area contributed by atoms with Gasteiger partial charge in [0.05, 0.1) is 19.3 Å². The normalized spacial score (nSPS) is 22.4. The fourth-order valence-electron chi connectivity index (χ4n) is 0.984. The van der Waals surface area contributed by atoms with Crippen molar-refractivity contribution < 1.29 is 9.47 Å². The van der Waals surface area contributed by atoms with Crippen LogP contribution >= 0.6 is 0 Å². The molecule has 1 fully saturated rings. The number of nitriles is 1. The minimum absolute atomic E-state index is 0.476. The Kier molecular flexibility index (Phi) is 2.25. The number of ether oxygens (including phenoxy) is 2. The zero-order valence-electron chi connectivity index (χ0n) is 6.09. The van der Waals surface area contributed by atoms with Gasteiger partial charge < -0.3 is 9.47 Å². The first kappa shape index (κ1) is 7.52. The van der Waals surface area contributed by atoms with E-state index in [4.69, 9.17) is 14.7 Å². The van der Waals surface area contributed by atoms with Gasteiger partial charge in [-0.15, -0.1) is 0 Å². The summed E-state index contributed by atoms with van der Waals surface area (Å²) >= 11 is 0. The van der Waals surface area contributed by atoms with Gasteiger partial charge in [0, 0.05) is 12.8 Å². The van der Waals surface area contributed by atoms with Gasteiger partial charge in [-0.25, -0.2) is 0 Å². The molecule has 0 aromatic carbocycles. The molecular formula is C7H11NO2. The molecule has 1 heterocycles. The lowest BCUT2D eigenvalue weighted by Crippen LogP contribution is -2.24. The van der Waals surface area contributed by atoms with E-state index in [0.29, 0.717) is 26.1 Å². The van der Waals surface area contributed by atoms with Crippen molar-refractivity contribution in [1.82, 2.24) is 0 Å². The van der Waals surface area contributed by atoms with Crippen LogP contribution in [0.4, 0.5) is 0 Å². The van der Waals surface area contributed by atoms with Gasteiger partial charge in [0.25, 0.3) is 0 Å². The largest absolute Gasteiger partial charge is 0.348 e. The number of hydrogen-bond acceptors (Lipinski definition) is 3. The fraction of sp³-hybridized carbons (Fsp3) is 0.857. The topological polar surface area (TPSA) is 42.2 Å². The average molecular weight is 141 g/mol. The molecule has 0 bridgehead atoms. The molecule has 0 aromatic rings. The van der Waals surface area contributed by atoms with Crippen molar-refractivity contribution in [3.63, 3.8) is 0 Å². The summed E-state index contributed by atoms with van der Waals surface area (Å²) in [6.07, 6.45) is 1.17. The Morgan fingerprint density at radius 1 is 1.50 bits per heavy atom. The molecular weight excluding hydrogens is 130 g/mol. The molecule has 56 valence electrons. The SMILES string of the molecule is CC1(CCC#N)OCCO1. The summed E-state index contributed by atoms with van der Waals surface area (Å²) in [7, 11) is 0. The van der Waals surface area contributed by atoms with Crippen LogP contribution in [0, 0.1) is 11.3 Å². The first-order chi connectivity index (χ1) is 4.77. The maximum absolute atomic E-state index is 8.28. The summed E-state index contributed by atoms with van der Waals surface area (Å²) in [5.74, 6) is -0.476. The van der Waals surface area contributed by atoms with Gasteiger partial charge in [0.2, 0.25) is 0 Å². The highest BCUT2D eigenvalue weighted by atomic mass is 16.7. The second kappa shape index (κ2) is 3.00. The molecule has 1 aliphatic heterocycles. The van der Waals surface area contributed by atoms with Crippen molar-refractivity contribution in [3.05, 3.63) is 0 Å². The minimum atomic E-state index is -0.476. The van der Waals surface area contributed by atoms with Gasteiger partial charge in [0.15, 0.2) is 5.79 Å². The quantitative estimate of drug-likeness (QED) is 0.577. The summed E-state index contributed by atoms with van der Waals surface area (Å²) in [5.41, 5.74) is 0. The molecule has 0 unspecified atom stereocenters. The molecule has 1 saturated heterocycles. The molecule has 3 nitrogen and oxygen atoms in total. The van der Waals surface area contributed by atoms with Crippen LogP contribution < -0.4 is 0 Å². The van der Waals surface area contributed by atoms with Crippen LogP contribution in [0.25, 0.3) is 0 Å². The van der Waals surface area contributed by atoms with Crippen molar-refractivity contribution in [2.24, 2.45) is 0 Å². The molecule has 0 spiro atoms. The predicted molar refractivity (Wildman–Crippen MR) is 35.2 cm³/mol. The molecule has 0 atom stereocenters. The summed E-state index contributed by atoms with van der Waals surface area (Å²) in [5, 5.41) is 8.28. The Labute approximate surface area is 60.5 Å². The van der Waals surface area contributed by atoms with Crippen LogP contribution in [-0.2, 0) is 9.47 Å². The summed E-state index contributed by atoms with van der Waals surface area (Å²) in [4.78, 5) is 0. The number of rotatable bonds is 2. The van der Waals surface area contributed by atoms with Gasteiger partial charge in [-0.05, 0) is 6.92 Å². The van der Waals surface area contributed by atoms with Crippen LogP contribution in [0.5, 0.6) is 0 Å². The van der Waals surface area contributed by atoms with Crippen molar-refractivity contribution in [2.75, 3.05) is 13.2 Å². The van der Waals surface area contributed by atoms with E-state index in [0.717, 1.165) is 0 Å². The first-order valence-corrected chi connectivity index (χ1v) is 3.42. The zero-order chi connectivity index (χ0) is 7.45. The Balaban J connectivity index is 2.30. The van der Waals surface area contributed by atoms with E-state index in [2.05, 4.69) is 6.07 Å². The molecule has 10 heavy (non-hydrogen) atoms. The Morgan fingerprint density at radius 2 is 2.10 bits per heavy atom. The van der Waals surface area contributed by atoms with Crippen LogP contribution in [0.3, 0.4) is 0 Å². The molecule has 0 aliphatic carbocycles. The highest BCUT2D eigenvalue weighted by Crippen LogP contribution is 2.23. The van der Waals surface area contributed by atoms with Crippen molar-refractivity contribution >= 4 is 0 Å². The smallest absolute Gasteiger partial charge is 0.166 e. The second-order valence-corrected chi connectivity index (χ2v) is 2.49. The van der Waals surface area contributed by atoms with E-state index in [1.54, 1.807) is 0 Å². The second-order valence-electron chi connectivity index (χ2n) is 2.49. The van der Waals surface area contributed by atoms with E-state index in [-0.39, 0.29) is 0 Å². The van der Waals surface area contributed by atoms with Gasteiger partial charge in [-0.2, -0.15) is 5.26 Å². The first-order valence-electron chi connectivity index (χ1n) is 3.42. The minimum Gasteiger partial charge on any atom is -0.348 e. The van der Waals surface area contributed by atoms with E-state index in [1.807, 2.05) is 6.92 Å². The maximum Gasteiger partial charge on any atom is 0.166 e. The standard InChI is InChI=1S/C7H11NO2/c1-7(3-2-4-8)9-5-6-10-7/h2-3,5-6H2,1H3. The van der Waals surface area contributed by atoms with Crippen molar-refractivity contribution in [3.8, 4) is 6.07 Å². The lowest BCUT2D eigenvalue weighted by Gasteiger charge is -2.20. The average Bonchev–Trinajstić information content (AvgIpc) is 2.33. The molecule has 0 radical (unpaired) electrons. The van der Waals surface area contributed by atoms with E-state index < -0.39 is 5.79 Å². The molecule has 0 aromatic heterocycles.